The SMILES string of the molecule is Clc1nc2ccccc2nc1[C@@H]1CNCCO1. The number of ether oxygens (including phenoxy) is 1. The van der Waals surface area contributed by atoms with Gasteiger partial charge in [0.1, 0.15) is 11.8 Å². The molecule has 88 valence electrons. The van der Waals surface area contributed by atoms with Crippen molar-refractivity contribution in [2.45, 2.75) is 6.10 Å². The Hall–Kier alpha value is -1.23. The van der Waals surface area contributed by atoms with Crippen LogP contribution >= 0.6 is 11.6 Å². The van der Waals surface area contributed by atoms with E-state index >= 15 is 0 Å². The monoisotopic (exact) mass is 249 g/mol. The first-order chi connectivity index (χ1) is 8.34. The summed E-state index contributed by atoms with van der Waals surface area (Å²) in [4.78, 5) is 8.88. The van der Waals surface area contributed by atoms with Crippen LogP contribution in [0.15, 0.2) is 24.3 Å². The second-order valence-corrected chi connectivity index (χ2v) is 4.31. The molecule has 0 bridgehead atoms. The Labute approximate surface area is 104 Å². The zero-order valence-corrected chi connectivity index (χ0v) is 9.94. The van der Waals surface area contributed by atoms with Crippen LogP contribution in [-0.2, 0) is 4.74 Å². The first-order valence-corrected chi connectivity index (χ1v) is 5.97. The molecule has 17 heavy (non-hydrogen) atoms. The molecule has 1 aromatic heterocycles. The highest BCUT2D eigenvalue weighted by Gasteiger charge is 2.21. The minimum atomic E-state index is -0.103. The number of halogens is 1. The summed E-state index contributed by atoms with van der Waals surface area (Å²) in [6.07, 6.45) is -0.103. The molecule has 2 aromatic rings. The molecule has 1 fully saturated rings. The van der Waals surface area contributed by atoms with Gasteiger partial charge in [0, 0.05) is 13.1 Å². The summed E-state index contributed by atoms with van der Waals surface area (Å²) in [6, 6.07) is 7.69. The number of fused-ring (bicyclic) bond motifs is 1. The standard InChI is InChI=1S/C12H12ClN3O/c13-12-11(10-7-14-5-6-17-10)15-8-3-1-2-4-9(8)16-12/h1-4,10,14H,5-7H2/t10-/m0/s1. The molecule has 1 aliphatic rings. The summed E-state index contributed by atoms with van der Waals surface area (Å²) in [7, 11) is 0. The van der Waals surface area contributed by atoms with Crippen LogP contribution in [0.1, 0.15) is 11.8 Å². The predicted molar refractivity (Wildman–Crippen MR) is 66.1 cm³/mol. The van der Waals surface area contributed by atoms with Crippen molar-refractivity contribution >= 4 is 22.6 Å². The van der Waals surface area contributed by atoms with Gasteiger partial charge < -0.3 is 10.1 Å². The van der Waals surface area contributed by atoms with Crippen molar-refractivity contribution in [1.29, 1.82) is 0 Å². The summed E-state index contributed by atoms with van der Waals surface area (Å²) in [5.74, 6) is 0. The first kappa shape index (κ1) is 10.9. The molecule has 2 heterocycles. The van der Waals surface area contributed by atoms with E-state index < -0.39 is 0 Å². The summed E-state index contributed by atoms with van der Waals surface area (Å²) >= 11 is 6.16. The van der Waals surface area contributed by atoms with E-state index in [-0.39, 0.29) is 6.10 Å². The van der Waals surface area contributed by atoms with Gasteiger partial charge in [-0.05, 0) is 12.1 Å². The van der Waals surface area contributed by atoms with E-state index in [2.05, 4.69) is 15.3 Å². The molecule has 0 radical (unpaired) electrons. The zero-order chi connectivity index (χ0) is 11.7. The Morgan fingerprint density at radius 1 is 1.24 bits per heavy atom. The smallest absolute Gasteiger partial charge is 0.154 e. The van der Waals surface area contributed by atoms with Crippen molar-refractivity contribution < 1.29 is 4.74 Å². The van der Waals surface area contributed by atoms with Crippen LogP contribution in [0.5, 0.6) is 0 Å². The summed E-state index contributed by atoms with van der Waals surface area (Å²) in [5, 5.41) is 3.69. The van der Waals surface area contributed by atoms with Crippen LogP contribution in [0.3, 0.4) is 0 Å². The number of aromatic nitrogens is 2. The average Bonchev–Trinajstić information content (AvgIpc) is 2.39. The lowest BCUT2D eigenvalue weighted by Gasteiger charge is -2.23. The van der Waals surface area contributed by atoms with Gasteiger partial charge in [-0.3, -0.25) is 0 Å². The maximum Gasteiger partial charge on any atom is 0.154 e. The lowest BCUT2D eigenvalue weighted by Crippen LogP contribution is -2.34. The van der Waals surface area contributed by atoms with E-state index in [1.165, 1.54) is 0 Å². The third-order valence-electron chi connectivity index (χ3n) is 2.79. The summed E-state index contributed by atoms with van der Waals surface area (Å²) < 4.78 is 5.64. The van der Waals surface area contributed by atoms with Gasteiger partial charge in [0.2, 0.25) is 0 Å². The van der Waals surface area contributed by atoms with Crippen LogP contribution < -0.4 is 5.32 Å². The second kappa shape index (κ2) is 4.56. The van der Waals surface area contributed by atoms with Crippen LogP contribution in [-0.4, -0.2) is 29.7 Å². The van der Waals surface area contributed by atoms with Gasteiger partial charge in [-0.1, -0.05) is 23.7 Å². The molecule has 0 spiro atoms. The quantitative estimate of drug-likeness (QED) is 0.839. The highest BCUT2D eigenvalue weighted by molar-refractivity contribution is 6.30. The number of hydrogen-bond acceptors (Lipinski definition) is 4. The van der Waals surface area contributed by atoms with E-state index in [0.717, 1.165) is 29.8 Å². The fourth-order valence-electron chi connectivity index (χ4n) is 1.94. The molecule has 3 rings (SSSR count). The molecule has 1 atom stereocenters. The van der Waals surface area contributed by atoms with E-state index in [0.29, 0.717) is 11.8 Å². The van der Waals surface area contributed by atoms with E-state index in [9.17, 15) is 0 Å². The van der Waals surface area contributed by atoms with Crippen LogP contribution in [0.25, 0.3) is 11.0 Å². The lowest BCUT2D eigenvalue weighted by atomic mass is 10.2. The normalized spacial score (nSPS) is 20.6. The predicted octanol–water partition coefficient (Wildman–Crippen LogP) is 1.94. The molecule has 0 unspecified atom stereocenters. The molecular weight excluding hydrogens is 238 g/mol. The molecule has 1 saturated heterocycles. The third kappa shape index (κ3) is 2.11. The molecule has 5 heteroatoms. The van der Waals surface area contributed by atoms with Crippen molar-refractivity contribution in [3.8, 4) is 0 Å². The fourth-order valence-corrected chi connectivity index (χ4v) is 2.19. The fraction of sp³-hybridized carbons (Fsp3) is 0.333. The number of nitrogens with one attached hydrogen (secondary N) is 1. The van der Waals surface area contributed by atoms with Crippen molar-refractivity contribution in [1.82, 2.24) is 15.3 Å². The molecular formula is C12H12ClN3O. The van der Waals surface area contributed by atoms with Gasteiger partial charge in [0.25, 0.3) is 0 Å². The molecule has 1 aliphatic heterocycles. The van der Waals surface area contributed by atoms with Gasteiger partial charge in [0.15, 0.2) is 5.15 Å². The molecule has 1 N–H and O–H groups in total. The number of rotatable bonds is 1. The highest BCUT2D eigenvalue weighted by Crippen LogP contribution is 2.25. The number of para-hydroxylation sites is 2. The lowest BCUT2D eigenvalue weighted by molar-refractivity contribution is 0.0251. The Balaban J connectivity index is 2.06. The Morgan fingerprint density at radius 2 is 2.00 bits per heavy atom. The Kier molecular flexibility index (Phi) is 2.93. The van der Waals surface area contributed by atoms with Gasteiger partial charge in [-0.2, -0.15) is 0 Å². The number of nitrogens with zero attached hydrogens (tertiary/aromatic N) is 2. The van der Waals surface area contributed by atoms with Crippen LogP contribution in [0.4, 0.5) is 0 Å². The molecule has 0 saturated carbocycles. The summed E-state index contributed by atoms with van der Waals surface area (Å²) in [5.41, 5.74) is 2.38. The van der Waals surface area contributed by atoms with Crippen molar-refractivity contribution in [3.05, 3.63) is 35.1 Å². The van der Waals surface area contributed by atoms with Crippen LogP contribution in [0.2, 0.25) is 5.15 Å². The van der Waals surface area contributed by atoms with Crippen molar-refractivity contribution in [2.24, 2.45) is 0 Å². The molecule has 4 nitrogen and oxygen atoms in total. The molecule has 1 aromatic carbocycles. The molecule has 0 amide bonds. The Morgan fingerprint density at radius 3 is 2.71 bits per heavy atom. The van der Waals surface area contributed by atoms with Crippen LogP contribution in [0, 0.1) is 0 Å². The molecule has 0 aliphatic carbocycles. The van der Waals surface area contributed by atoms with Gasteiger partial charge in [-0.25, -0.2) is 9.97 Å². The maximum absolute atomic E-state index is 6.16. The Bertz CT molecular complexity index is 540. The second-order valence-electron chi connectivity index (χ2n) is 3.95. The summed E-state index contributed by atoms with van der Waals surface area (Å²) in [6.45, 7) is 2.28. The largest absolute Gasteiger partial charge is 0.369 e. The number of hydrogen-bond donors (Lipinski definition) is 1. The van der Waals surface area contributed by atoms with Gasteiger partial charge in [0.05, 0.1) is 17.6 Å². The van der Waals surface area contributed by atoms with Crippen molar-refractivity contribution in [3.63, 3.8) is 0 Å². The zero-order valence-electron chi connectivity index (χ0n) is 9.19. The third-order valence-corrected chi connectivity index (χ3v) is 3.06. The number of morpholine rings is 1. The van der Waals surface area contributed by atoms with Crippen molar-refractivity contribution in [2.75, 3.05) is 19.7 Å². The number of benzene rings is 1. The topological polar surface area (TPSA) is 47.0 Å². The minimum Gasteiger partial charge on any atom is -0.369 e. The van der Waals surface area contributed by atoms with E-state index in [1.807, 2.05) is 24.3 Å². The average molecular weight is 250 g/mol. The van der Waals surface area contributed by atoms with Gasteiger partial charge >= 0.3 is 0 Å². The minimum absolute atomic E-state index is 0.103. The van der Waals surface area contributed by atoms with E-state index in [4.69, 9.17) is 16.3 Å². The first-order valence-electron chi connectivity index (χ1n) is 5.59. The highest BCUT2D eigenvalue weighted by atomic mass is 35.5. The maximum atomic E-state index is 6.16. The van der Waals surface area contributed by atoms with E-state index in [1.54, 1.807) is 0 Å². The van der Waals surface area contributed by atoms with Gasteiger partial charge in [-0.15, -0.1) is 0 Å².